The van der Waals surface area contributed by atoms with E-state index >= 15 is 0 Å². The molecule has 1 fully saturated rings. The lowest BCUT2D eigenvalue weighted by atomic mass is 9.98. The van der Waals surface area contributed by atoms with Crippen molar-refractivity contribution in [3.05, 3.63) is 64.2 Å². The monoisotopic (exact) mass is 377 g/mol. The summed E-state index contributed by atoms with van der Waals surface area (Å²) >= 11 is 0. The average molecular weight is 377 g/mol. The second-order valence-electron chi connectivity index (χ2n) is 7.77. The van der Waals surface area contributed by atoms with Gasteiger partial charge in [-0.05, 0) is 61.7 Å². The van der Waals surface area contributed by atoms with Crippen LogP contribution in [0.1, 0.15) is 45.5 Å². The number of benzene rings is 2. The van der Waals surface area contributed by atoms with Crippen LogP contribution in [0, 0.1) is 6.92 Å². The van der Waals surface area contributed by atoms with Crippen molar-refractivity contribution in [2.75, 3.05) is 26.7 Å². The molecular weight excluding hydrogens is 350 g/mol. The normalized spacial score (nSPS) is 17.2. The third kappa shape index (κ3) is 3.54. The summed E-state index contributed by atoms with van der Waals surface area (Å²) in [6.45, 7) is 6.09. The van der Waals surface area contributed by atoms with E-state index in [-0.39, 0.29) is 11.7 Å². The lowest BCUT2D eigenvalue weighted by Crippen LogP contribution is -2.29. The summed E-state index contributed by atoms with van der Waals surface area (Å²) in [5.74, 6) is -0.0922. The van der Waals surface area contributed by atoms with Crippen LogP contribution in [0.5, 0.6) is 5.75 Å². The summed E-state index contributed by atoms with van der Waals surface area (Å²) in [6.07, 6.45) is 2.45. The summed E-state index contributed by atoms with van der Waals surface area (Å²) in [7, 11) is 1.80. The first-order valence-electron chi connectivity index (χ1n) is 9.95. The van der Waals surface area contributed by atoms with E-state index < -0.39 is 0 Å². The van der Waals surface area contributed by atoms with Crippen molar-refractivity contribution in [2.45, 2.75) is 32.9 Å². The van der Waals surface area contributed by atoms with Crippen LogP contribution in [0.4, 0.5) is 0 Å². The van der Waals surface area contributed by atoms with Crippen molar-refractivity contribution < 1.29 is 9.90 Å². The molecule has 5 heteroatoms. The van der Waals surface area contributed by atoms with Gasteiger partial charge in [0.25, 0.3) is 5.91 Å². The van der Waals surface area contributed by atoms with Gasteiger partial charge in [0.05, 0.1) is 11.3 Å². The van der Waals surface area contributed by atoms with Crippen molar-refractivity contribution in [3.63, 3.8) is 0 Å². The summed E-state index contributed by atoms with van der Waals surface area (Å²) < 4.78 is 0. The zero-order valence-corrected chi connectivity index (χ0v) is 16.6. The third-order valence-corrected chi connectivity index (χ3v) is 5.85. The smallest absolute Gasteiger partial charge is 0.258 e. The predicted octanol–water partition coefficient (Wildman–Crippen LogP) is 3.37. The van der Waals surface area contributed by atoms with Gasteiger partial charge in [-0.15, -0.1) is 0 Å². The van der Waals surface area contributed by atoms with Crippen LogP contribution in [0.25, 0.3) is 0 Å². The number of hydrogen-bond donors (Lipinski definition) is 1. The van der Waals surface area contributed by atoms with Gasteiger partial charge in [-0.25, -0.2) is 0 Å². The van der Waals surface area contributed by atoms with Crippen molar-refractivity contribution in [1.82, 2.24) is 9.80 Å². The fraction of sp³-hybridized carbons (Fsp3) is 0.391. The van der Waals surface area contributed by atoms with E-state index in [1.807, 2.05) is 25.1 Å². The molecule has 0 atom stereocenters. The molecule has 2 heterocycles. The van der Waals surface area contributed by atoms with Gasteiger partial charge in [-0.1, -0.05) is 24.3 Å². The fourth-order valence-corrected chi connectivity index (χ4v) is 4.25. The topological polar surface area (TPSA) is 56.1 Å². The van der Waals surface area contributed by atoms with Crippen LogP contribution in [0.3, 0.4) is 0 Å². The van der Waals surface area contributed by atoms with E-state index in [0.29, 0.717) is 18.7 Å². The Morgan fingerprint density at radius 3 is 2.32 bits per heavy atom. The molecule has 2 aromatic rings. The van der Waals surface area contributed by atoms with Crippen molar-refractivity contribution in [3.8, 4) is 5.75 Å². The number of carbonyl (C=O) groups excluding carboxylic acids is 1. The molecule has 146 valence electrons. The maximum atomic E-state index is 13.2. The Morgan fingerprint density at radius 1 is 1.07 bits per heavy atom. The van der Waals surface area contributed by atoms with Gasteiger partial charge in [-0.2, -0.15) is 0 Å². The van der Waals surface area contributed by atoms with Crippen molar-refractivity contribution in [2.24, 2.45) is 4.99 Å². The number of phenolic OH excluding ortho intramolecular Hbond substituents is 1. The lowest BCUT2D eigenvalue weighted by molar-refractivity contribution is 0.0748. The van der Waals surface area contributed by atoms with Gasteiger partial charge in [0, 0.05) is 32.2 Å². The zero-order chi connectivity index (χ0) is 19.7. The average Bonchev–Trinajstić information content (AvgIpc) is 3.35. The first kappa shape index (κ1) is 18.7. The van der Waals surface area contributed by atoms with Gasteiger partial charge in [0.15, 0.2) is 0 Å². The number of carbonyl (C=O) groups is 1. The van der Waals surface area contributed by atoms with Crippen LogP contribution >= 0.6 is 0 Å². The molecule has 4 rings (SSSR count). The minimum Gasteiger partial charge on any atom is -0.507 e. The minimum atomic E-state index is -0.133. The molecule has 0 spiro atoms. The third-order valence-electron chi connectivity index (χ3n) is 5.85. The fourth-order valence-electron chi connectivity index (χ4n) is 4.25. The molecule has 0 unspecified atom stereocenters. The molecular formula is C23H27N3O2. The largest absolute Gasteiger partial charge is 0.507 e. The number of rotatable bonds is 4. The molecule has 0 radical (unpaired) electrons. The van der Waals surface area contributed by atoms with Crippen LogP contribution in [0.15, 0.2) is 41.4 Å². The molecule has 2 aliphatic rings. The van der Waals surface area contributed by atoms with Gasteiger partial charge in [-0.3, -0.25) is 14.7 Å². The summed E-state index contributed by atoms with van der Waals surface area (Å²) in [4.78, 5) is 21.9. The van der Waals surface area contributed by atoms with Gasteiger partial charge in [0.1, 0.15) is 5.75 Å². The van der Waals surface area contributed by atoms with Crippen LogP contribution < -0.4 is 0 Å². The highest BCUT2D eigenvalue weighted by atomic mass is 16.3. The predicted molar refractivity (Wildman–Crippen MR) is 111 cm³/mol. The number of amides is 1. The number of aromatic hydroxyl groups is 1. The van der Waals surface area contributed by atoms with Crippen LogP contribution in [-0.4, -0.2) is 53.2 Å². The number of nitrogens with zero attached hydrogens (tertiary/aromatic N) is 3. The maximum Gasteiger partial charge on any atom is 0.258 e. The van der Waals surface area contributed by atoms with E-state index in [1.54, 1.807) is 18.0 Å². The van der Waals surface area contributed by atoms with Crippen molar-refractivity contribution >= 4 is 11.6 Å². The summed E-state index contributed by atoms with van der Waals surface area (Å²) in [5.41, 5.74) is 5.57. The Kier molecular flexibility index (Phi) is 5.18. The maximum absolute atomic E-state index is 13.2. The zero-order valence-electron chi connectivity index (χ0n) is 16.6. The second kappa shape index (κ2) is 7.76. The Bertz CT molecular complexity index is 904. The standard InChI is InChI=1S/C23H27N3O2/c1-16-11-22(27)20(12-19(16)21(24-2)15-25-9-5-6-10-25)23(28)26-13-17-7-3-4-8-18(17)14-26/h3-4,7-8,11-12,27H,5-6,9-10,13-15H2,1-2H3. The lowest BCUT2D eigenvalue weighted by Gasteiger charge is -2.20. The van der Waals surface area contributed by atoms with Crippen molar-refractivity contribution in [1.29, 1.82) is 0 Å². The van der Waals surface area contributed by atoms with Gasteiger partial charge in [0.2, 0.25) is 0 Å². The Hall–Kier alpha value is -2.66. The molecule has 2 aromatic carbocycles. The quantitative estimate of drug-likeness (QED) is 0.831. The van der Waals surface area contributed by atoms with Gasteiger partial charge < -0.3 is 10.0 Å². The molecule has 0 bridgehead atoms. The SMILES string of the molecule is CN=C(CN1CCCC1)c1cc(C(=O)N2Cc3ccccc3C2)c(O)cc1C. The van der Waals surface area contributed by atoms with Crippen LogP contribution in [-0.2, 0) is 13.1 Å². The van der Waals surface area contributed by atoms with E-state index in [9.17, 15) is 9.90 Å². The first-order valence-corrected chi connectivity index (χ1v) is 9.95. The number of hydrogen-bond acceptors (Lipinski definition) is 4. The number of phenols is 1. The highest BCUT2D eigenvalue weighted by molar-refractivity contribution is 6.06. The number of aliphatic imine (C=N–C) groups is 1. The highest BCUT2D eigenvalue weighted by Gasteiger charge is 2.27. The number of aryl methyl sites for hydroxylation is 1. The Labute approximate surface area is 166 Å². The van der Waals surface area contributed by atoms with E-state index in [4.69, 9.17) is 0 Å². The Balaban J connectivity index is 1.61. The molecule has 2 aliphatic heterocycles. The van der Waals surface area contributed by atoms with E-state index in [1.165, 1.54) is 24.0 Å². The molecule has 1 saturated heterocycles. The number of fused-ring (bicyclic) bond motifs is 1. The number of likely N-dealkylation sites (tertiary alicyclic amines) is 1. The summed E-state index contributed by atoms with van der Waals surface area (Å²) in [5, 5.41) is 10.5. The molecule has 0 saturated carbocycles. The second-order valence-corrected chi connectivity index (χ2v) is 7.77. The van der Waals surface area contributed by atoms with E-state index in [0.717, 1.165) is 36.5 Å². The first-order chi connectivity index (χ1) is 13.6. The summed E-state index contributed by atoms with van der Waals surface area (Å²) in [6, 6.07) is 11.6. The molecule has 1 N–H and O–H groups in total. The minimum absolute atomic E-state index is 0.0406. The Morgan fingerprint density at radius 2 is 1.71 bits per heavy atom. The molecule has 5 nitrogen and oxygen atoms in total. The molecule has 28 heavy (non-hydrogen) atoms. The highest BCUT2D eigenvalue weighted by Crippen LogP contribution is 2.29. The molecule has 0 aromatic heterocycles. The molecule has 0 aliphatic carbocycles. The van der Waals surface area contributed by atoms with Crippen LogP contribution in [0.2, 0.25) is 0 Å². The molecule has 1 amide bonds. The van der Waals surface area contributed by atoms with Gasteiger partial charge >= 0.3 is 0 Å². The van der Waals surface area contributed by atoms with E-state index in [2.05, 4.69) is 22.0 Å².